The third kappa shape index (κ3) is 3.74. The van der Waals surface area contributed by atoms with Crippen LogP contribution in [0.15, 0.2) is 55.6 Å². The van der Waals surface area contributed by atoms with Crippen molar-refractivity contribution in [1.29, 1.82) is 0 Å². The van der Waals surface area contributed by atoms with E-state index in [1.807, 2.05) is 21.2 Å². The lowest BCUT2D eigenvalue weighted by molar-refractivity contribution is 0.0946. The second-order valence-electron chi connectivity index (χ2n) is 8.27. The molecule has 10 heteroatoms. The Morgan fingerprint density at radius 3 is 2.85 bits per heavy atom. The van der Waals surface area contributed by atoms with Crippen LogP contribution in [-0.4, -0.2) is 34.2 Å². The summed E-state index contributed by atoms with van der Waals surface area (Å²) in [6, 6.07) is 5.64. The molecule has 0 aromatic carbocycles. The number of carbonyl (C=O) groups excluding carboxylic acids is 1. The first-order valence-corrected chi connectivity index (χ1v) is 11.0. The van der Waals surface area contributed by atoms with Gasteiger partial charge in [-0.15, -0.1) is 0 Å². The molecule has 0 unspecified atom stereocenters. The number of aromatic nitrogens is 6. The SMILES string of the molecule is O=C(NCc1ncn2ccc(Cl)c(F)c12)c1cn(Cc2cn3cc(C4CC4)ccc3n2)cn1. The number of imidazole rings is 3. The van der Waals surface area contributed by atoms with Crippen molar-refractivity contribution < 1.29 is 9.18 Å². The molecule has 1 amide bonds. The molecule has 0 saturated heterocycles. The largest absolute Gasteiger partial charge is 0.345 e. The molecule has 166 valence electrons. The first kappa shape index (κ1) is 19.9. The average molecular weight is 464 g/mol. The molecular formula is C23H19ClFN7O. The van der Waals surface area contributed by atoms with E-state index in [9.17, 15) is 9.18 Å². The van der Waals surface area contributed by atoms with E-state index < -0.39 is 5.82 Å². The Balaban J connectivity index is 1.14. The van der Waals surface area contributed by atoms with Gasteiger partial charge in [0.1, 0.15) is 16.9 Å². The molecule has 0 spiro atoms. The maximum absolute atomic E-state index is 14.4. The number of hydrogen-bond acceptors (Lipinski definition) is 4. The van der Waals surface area contributed by atoms with E-state index in [1.165, 1.54) is 35.2 Å². The fraction of sp³-hybridized carbons (Fsp3) is 0.217. The van der Waals surface area contributed by atoms with Gasteiger partial charge in [0.15, 0.2) is 5.82 Å². The van der Waals surface area contributed by atoms with Crippen molar-refractivity contribution in [3.63, 3.8) is 0 Å². The zero-order chi connectivity index (χ0) is 22.5. The highest BCUT2D eigenvalue weighted by molar-refractivity contribution is 6.31. The summed E-state index contributed by atoms with van der Waals surface area (Å²) >= 11 is 5.87. The highest BCUT2D eigenvalue weighted by Crippen LogP contribution is 2.39. The van der Waals surface area contributed by atoms with E-state index in [0.717, 1.165) is 11.3 Å². The maximum Gasteiger partial charge on any atom is 0.271 e. The van der Waals surface area contributed by atoms with Crippen molar-refractivity contribution in [2.45, 2.75) is 31.8 Å². The standard InChI is InChI=1S/C23H19ClFN7O/c24-17-5-6-31-13-28-18(22(31)21(17)25)7-26-23(33)19-11-30(12-27-19)9-16-10-32-8-15(14-1-2-14)3-4-20(32)29-16/h3-6,8,10-14H,1-2,7,9H2,(H,26,33). The molecule has 6 rings (SSSR count). The van der Waals surface area contributed by atoms with Crippen LogP contribution in [0.1, 0.15) is 46.2 Å². The maximum atomic E-state index is 14.4. The van der Waals surface area contributed by atoms with Crippen LogP contribution in [0.5, 0.6) is 0 Å². The van der Waals surface area contributed by atoms with Crippen LogP contribution in [0.4, 0.5) is 4.39 Å². The molecule has 1 N–H and O–H groups in total. The molecular weight excluding hydrogens is 445 g/mol. The first-order chi connectivity index (χ1) is 16.0. The summed E-state index contributed by atoms with van der Waals surface area (Å²) < 4.78 is 19.7. The smallest absolute Gasteiger partial charge is 0.271 e. The molecule has 33 heavy (non-hydrogen) atoms. The minimum absolute atomic E-state index is 0.00466. The lowest BCUT2D eigenvalue weighted by Crippen LogP contribution is -2.23. The number of fused-ring (bicyclic) bond motifs is 2. The van der Waals surface area contributed by atoms with E-state index in [2.05, 4.69) is 32.5 Å². The number of pyridine rings is 2. The molecule has 5 aromatic heterocycles. The van der Waals surface area contributed by atoms with Crippen LogP contribution in [0.3, 0.4) is 0 Å². The summed E-state index contributed by atoms with van der Waals surface area (Å²) in [5.41, 5.74) is 4.01. The number of halogens is 2. The van der Waals surface area contributed by atoms with E-state index in [1.54, 1.807) is 18.7 Å². The summed E-state index contributed by atoms with van der Waals surface area (Å²) in [5, 5.41) is 2.75. The summed E-state index contributed by atoms with van der Waals surface area (Å²) in [7, 11) is 0. The second kappa shape index (κ2) is 7.70. The van der Waals surface area contributed by atoms with Crippen LogP contribution in [-0.2, 0) is 13.1 Å². The Kier molecular flexibility index (Phi) is 4.65. The fourth-order valence-electron chi connectivity index (χ4n) is 4.02. The van der Waals surface area contributed by atoms with Crippen molar-refractivity contribution in [2.75, 3.05) is 0 Å². The van der Waals surface area contributed by atoms with Crippen molar-refractivity contribution in [2.24, 2.45) is 0 Å². The van der Waals surface area contributed by atoms with Crippen LogP contribution in [0, 0.1) is 5.82 Å². The van der Waals surface area contributed by atoms with Crippen molar-refractivity contribution in [3.8, 4) is 0 Å². The normalized spacial score (nSPS) is 13.8. The van der Waals surface area contributed by atoms with Crippen LogP contribution in [0.25, 0.3) is 11.2 Å². The van der Waals surface area contributed by atoms with Gasteiger partial charge in [0.25, 0.3) is 5.91 Å². The van der Waals surface area contributed by atoms with Gasteiger partial charge in [-0.3, -0.25) is 4.79 Å². The fourth-order valence-corrected chi connectivity index (χ4v) is 4.16. The Labute approximate surface area is 192 Å². The van der Waals surface area contributed by atoms with Gasteiger partial charge < -0.3 is 18.7 Å². The zero-order valence-electron chi connectivity index (χ0n) is 17.4. The predicted octanol–water partition coefficient (Wildman–Crippen LogP) is 3.83. The monoisotopic (exact) mass is 463 g/mol. The first-order valence-electron chi connectivity index (χ1n) is 10.6. The number of nitrogens with zero attached hydrogens (tertiary/aromatic N) is 6. The third-order valence-electron chi connectivity index (χ3n) is 5.87. The lowest BCUT2D eigenvalue weighted by atomic mass is 10.2. The van der Waals surface area contributed by atoms with E-state index in [4.69, 9.17) is 11.6 Å². The molecule has 0 bridgehead atoms. The van der Waals surface area contributed by atoms with Gasteiger partial charge in [-0.25, -0.2) is 19.3 Å². The lowest BCUT2D eigenvalue weighted by Gasteiger charge is -2.03. The summed E-state index contributed by atoms with van der Waals surface area (Å²) in [6.07, 6.45) is 13.0. The Morgan fingerprint density at radius 2 is 2.00 bits per heavy atom. The quantitative estimate of drug-likeness (QED) is 0.415. The van der Waals surface area contributed by atoms with Gasteiger partial charge in [0.2, 0.25) is 0 Å². The van der Waals surface area contributed by atoms with E-state index in [-0.39, 0.29) is 28.7 Å². The molecule has 5 aromatic rings. The molecule has 0 aliphatic heterocycles. The summed E-state index contributed by atoms with van der Waals surface area (Å²) in [6.45, 7) is 0.547. The minimum atomic E-state index is -0.568. The topological polar surface area (TPSA) is 81.5 Å². The average Bonchev–Trinajstić information content (AvgIpc) is 3.23. The van der Waals surface area contributed by atoms with Gasteiger partial charge >= 0.3 is 0 Å². The Morgan fingerprint density at radius 1 is 1.12 bits per heavy atom. The molecule has 1 aliphatic carbocycles. The minimum Gasteiger partial charge on any atom is -0.345 e. The van der Waals surface area contributed by atoms with Gasteiger partial charge in [0, 0.05) is 24.8 Å². The van der Waals surface area contributed by atoms with Crippen LogP contribution in [0.2, 0.25) is 5.02 Å². The Hall–Kier alpha value is -3.72. The third-order valence-corrected chi connectivity index (χ3v) is 6.16. The van der Waals surface area contributed by atoms with Gasteiger partial charge in [-0.2, -0.15) is 0 Å². The summed E-state index contributed by atoms with van der Waals surface area (Å²) in [5.74, 6) is -0.257. The number of carbonyl (C=O) groups is 1. The van der Waals surface area contributed by atoms with Gasteiger partial charge in [-0.1, -0.05) is 17.7 Å². The number of rotatable bonds is 6. The molecule has 0 radical (unpaired) electrons. The van der Waals surface area contributed by atoms with E-state index >= 15 is 0 Å². The van der Waals surface area contributed by atoms with Crippen LogP contribution < -0.4 is 5.32 Å². The van der Waals surface area contributed by atoms with Crippen molar-refractivity contribution in [1.82, 2.24) is 33.6 Å². The highest BCUT2D eigenvalue weighted by Gasteiger charge is 2.23. The van der Waals surface area contributed by atoms with Crippen molar-refractivity contribution in [3.05, 3.63) is 89.1 Å². The van der Waals surface area contributed by atoms with E-state index in [0.29, 0.717) is 18.2 Å². The number of nitrogens with one attached hydrogen (secondary N) is 1. The number of amides is 1. The van der Waals surface area contributed by atoms with Gasteiger partial charge in [0.05, 0.1) is 42.2 Å². The Bertz CT molecular complexity index is 1510. The number of hydrogen-bond donors (Lipinski definition) is 1. The van der Waals surface area contributed by atoms with Crippen LogP contribution >= 0.6 is 11.6 Å². The predicted molar refractivity (Wildman–Crippen MR) is 120 cm³/mol. The highest BCUT2D eigenvalue weighted by atomic mass is 35.5. The molecule has 0 atom stereocenters. The summed E-state index contributed by atoms with van der Waals surface area (Å²) in [4.78, 5) is 25.6. The zero-order valence-corrected chi connectivity index (χ0v) is 18.2. The molecule has 1 aliphatic rings. The second-order valence-corrected chi connectivity index (χ2v) is 8.68. The molecule has 5 heterocycles. The molecule has 1 saturated carbocycles. The van der Waals surface area contributed by atoms with Crippen molar-refractivity contribution >= 4 is 28.7 Å². The molecule has 8 nitrogen and oxygen atoms in total. The van der Waals surface area contributed by atoms with Gasteiger partial charge in [-0.05, 0) is 36.5 Å². The molecule has 1 fully saturated rings.